The molecule has 0 atom stereocenters. The summed E-state index contributed by atoms with van der Waals surface area (Å²) < 4.78 is 5.39. The Labute approximate surface area is 152 Å². The van der Waals surface area contributed by atoms with Crippen LogP contribution in [0, 0.1) is 6.92 Å². The van der Waals surface area contributed by atoms with E-state index in [4.69, 9.17) is 4.74 Å². The van der Waals surface area contributed by atoms with Crippen LogP contribution < -0.4 is 4.74 Å². The third kappa shape index (κ3) is 4.42. The Kier molecular flexibility index (Phi) is 5.76. The average Bonchev–Trinajstić information content (AvgIpc) is 3.13. The maximum atomic E-state index is 12.4. The Balaban J connectivity index is 1.55. The maximum Gasteiger partial charge on any atom is 0.252 e. The minimum atomic E-state index is 0.0579. The molecule has 0 bridgehead atoms. The van der Waals surface area contributed by atoms with Crippen molar-refractivity contribution >= 4 is 23.4 Å². The van der Waals surface area contributed by atoms with Gasteiger partial charge < -0.3 is 4.74 Å². The van der Waals surface area contributed by atoms with E-state index in [-0.39, 0.29) is 5.91 Å². The quantitative estimate of drug-likeness (QED) is 0.791. The van der Waals surface area contributed by atoms with Gasteiger partial charge in [-0.1, -0.05) is 48.0 Å². The molecule has 4 nitrogen and oxygen atoms in total. The Morgan fingerprint density at radius 2 is 2.04 bits per heavy atom. The lowest BCUT2D eigenvalue weighted by atomic mass is 10.1. The van der Waals surface area contributed by atoms with Crippen LogP contribution in [0.5, 0.6) is 5.75 Å². The molecule has 1 aliphatic heterocycles. The van der Waals surface area contributed by atoms with Crippen LogP contribution in [0.3, 0.4) is 0 Å². The fourth-order valence-corrected chi connectivity index (χ4v) is 3.68. The van der Waals surface area contributed by atoms with E-state index in [1.165, 1.54) is 5.56 Å². The first kappa shape index (κ1) is 17.5. The number of ether oxygens (including phenoxy) is 1. The molecular weight excluding hydrogens is 332 g/mol. The Bertz CT molecular complexity index is 775. The summed E-state index contributed by atoms with van der Waals surface area (Å²) in [7, 11) is 1.67. The average molecular weight is 354 g/mol. The van der Waals surface area contributed by atoms with Crippen molar-refractivity contribution in [3.05, 3.63) is 65.2 Å². The van der Waals surface area contributed by atoms with Gasteiger partial charge in [-0.15, -0.1) is 11.8 Å². The van der Waals surface area contributed by atoms with Gasteiger partial charge in [0.05, 0.1) is 25.1 Å². The molecule has 0 aromatic heterocycles. The molecule has 0 unspecified atom stereocenters. The van der Waals surface area contributed by atoms with Crippen LogP contribution in [0.1, 0.15) is 23.1 Å². The second kappa shape index (κ2) is 8.21. The zero-order chi connectivity index (χ0) is 17.6. The number of methoxy groups -OCH3 is 1. The molecule has 3 rings (SSSR count). The number of aryl methyl sites for hydroxylation is 1. The number of hydrogen-bond acceptors (Lipinski definition) is 4. The van der Waals surface area contributed by atoms with E-state index in [0.29, 0.717) is 12.3 Å². The molecule has 2 aromatic carbocycles. The summed E-state index contributed by atoms with van der Waals surface area (Å²) in [6.45, 7) is 2.72. The second-order valence-corrected chi connectivity index (χ2v) is 6.97. The fraction of sp³-hybridized carbons (Fsp3) is 0.300. The number of rotatable bonds is 6. The molecule has 0 spiro atoms. The number of hydrazone groups is 1. The highest BCUT2D eigenvalue weighted by atomic mass is 32.2. The van der Waals surface area contributed by atoms with Crippen LogP contribution in [0.15, 0.2) is 53.6 Å². The van der Waals surface area contributed by atoms with Crippen LogP contribution in [0.2, 0.25) is 0 Å². The first-order valence-electron chi connectivity index (χ1n) is 8.32. The molecule has 1 heterocycles. The molecule has 130 valence electrons. The van der Waals surface area contributed by atoms with Gasteiger partial charge in [-0.2, -0.15) is 5.10 Å². The van der Waals surface area contributed by atoms with Gasteiger partial charge in [0.1, 0.15) is 5.75 Å². The summed E-state index contributed by atoms with van der Waals surface area (Å²) >= 11 is 1.60. The summed E-state index contributed by atoms with van der Waals surface area (Å²) in [5.74, 6) is 2.10. The normalized spacial score (nSPS) is 13.7. The Morgan fingerprint density at radius 1 is 1.24 bits per heavy atom. The van der Waals surface area contributed by atoms with Crippen molar-refractivity contribution in [2.24, 2.45) is 5.10 Å². The van der Waals surface area contributed by atoms with Crippen LogP contribution >= 0.6 is 11.8 Å². The topological polar surface area (TPSA) is 41.9 Å². The summed E-state index contributed by atoms with van der Waals surface area (Å²) in [6, 6.07) is 16.2. The first-order valence-corrected chi connectivity index (χ1v) is 9.47. The molecule has 0 radical (unpaired) electrons. The molecule has 2 aromatic rings. The van der Waals surface area contributed by atoms with E-state index in [1.54, 1.807) is 23.9 Å². The van der Waals surface area contributed by atoms with Gasteiger partial charge in [0.25, 0.3) is 5.91 Å². The number of amides is 1. The van der Waals surface area contributed by atoms with Crippen LogP contribution in [0.25, 0.3) is 0 Å². The van der Waals surface area contributed by atoms with E-state index in [9.17, 15) is 4.79 Å². The van der Waals surface area contributed by atoms with Gasteiger partial charge in [-0.25, -0.2) is 5.01 Å². The zero-order valence-electron chi connectivity index (χ0n) is 14.6. The summed E-state index contributed by atoms with van der Waals surface area (Å²) in [5.41, 5.74) is 4.39. The highest BCUT2D eigenvalue weighted by Crippen LogP contribution is 2.25. The van der Waals surface area contributed by atoms with E-state index < -0.39 is 0 Å². The predicted octanol–water partition coefficient (Wildman–Crippen LogP) is 3.87. The van der Waals surface area contributed by atoms with E-state index in [0.717, 1.165) is 34.8 Å². The van der Waals surface area contributed by atoms with Gasteiger partial charge in [0.15, 0.2) is 0 Å². The highest BCUT2D eigenvalue weighted by Gasteiger charge is 2.21. The van der Waals surface area contributed by atoms with Crippen LogP contribution in [-0.2, 0) is 10.5 Å². The SMILES string of the molecule is COc1ccc(C)cc1CSCC(=O)N1CCC(c2ccccc2)=N1. The van der Waals surface area contributed by atoms with Crippen molar-refractivity contribution in [2.75, 3.05) is 19.4 Å². The second-order valence-electron chi connectivity index (χ2n) is 5.99. The maximum absolute atomic E-state index is 12.4. The summed E-state index contributed by atoms with van der Waals surface area (Å²) in [6.07, 6.45) is 0.812. The highest BCUT2D eigenvalue weighted by molar-refractivity contribution is 7.99. The number of carbonyl (C=O) groups excluding carboxylic acids is 1. The lowest BCUT2D eigenvalue weighted by Gasteiger charge is -2.12. The van der Waals surface area contributed by atoms with Gasteiger partial charge >= 0.3 is 0 Å². The lowest BCUT2D eigenvalue weighted by molar-refractivity contribution is -0.127. The molecule has 0 aliphatic carbocycles. The van der Waals surface area contributed by atoms with Crippen molar-refractivity contribution in [2.45, 2.75) is 19.1 Å². The molecule has 0 N–H and O–H groups in total. The van der Waals surface area contributed by atoms with E-state index in [1.807, 2.05) is 42.5 Å². The molecule has 0 fully saturated rings. The minimum Gasteiger partial charge on any atom is -0.496 e. The van der Waals surface area contributed by atoms with E-state index >= 15 is 0 Å². The van der Waals surface area contributed by atoms with Gasteiger partial charge in [-0.05, 0) is 18.6 Å². The van der Waals surface area contributed by atoms with Crippen molar-refractivity contribution in [1.82, 2.24) is 5.01 Å². The Hall–Kier alpha value is -2.27. The monoisotopic (exact) mass is 354 g/mol. The number of benzene rings is 2. The summed E-state index contributed by atoms with van der Waals surface area (Å²) in [4.78, 5) is 12.4. The third-order valence-corrected chi connectivity index (χ3v) is 5.08. The van der Waals surface area contributed by atoms with Crippen LogP contribution in [-0.4, -0.2) is 36.0 Å². The van der Waals surface area contributed by atoms with Crippen molar-refractivity contribution < 1.29 is 9.53 Å². The number of thioether (sulfide) groups is 1. The van der Waals surface area contributed by atoms with E-state index in [2.05, 4.69) is 18.1 Å². The smallest absolute Gasteiger partial charge is 0.252 e. The van der Waals surface area contributed by atoms with Crippen molar-refractivity contribution in [3.63, 3.8) is 0 Å². The predicted molar refractivity (Wildman–Crippen MR) is 103 cm³/mol. The van der Waals surface area contributed by atoms with Crippen molar-refractivity contribution in [1.29, 1.82) is 0 Å². The molecule has 1 amide bonds. The van der Waals surface area contributed by atoms with Gasteiger partial charge in [0, 0.05) is 17.7 Å². The molecule has 0 saturated carbocycles. The standard InChI is InChI=1S/C20H22N2O2S/c1-15-8-9-19(24-2)17(12-15)13-25-14-20(23)22-11-10-18(21-22)16-6-4-3-5-7-16/h3-9,12H,10-11,13-14H2,1-2H3. The van der Waals surface area contributed by atoms with Gasteiger partial charge in [-0.3, -0.25) is 4.79 Å². The minimum absolute atomic E-state index is 0.0579. The number of nitrogens with zero attached hydrogens (tertiary/aromatic N) is 2. The number of hydrogen-bond donors (Lipinski definition) is 0. The summed E-state index contributed by atoms with van der Waals surface area (Å²) in [5, 5.41) is 6.09. The van der Waals surface area contributed by atoms with Crippen LogP contribution in [0.4, 0.5) is 0 Å². The molecular formula is C20H22N2O2S. The molecule has 5 heteroatoms. The zero-order valence-corrected chi connectivity index (χ0v) is 15.4. The number of carbonyl (C=O) groups is 1. The van der Waals surface area contributed by atoms with Gasteiger partial charge in [0.2, 0.25) is 0 Å². The first-order chi connectivity index (χ1) is 12.2. The fourth-order valence-electron chi connectivity index (χ4n) is 2.81. The largest absolute Gasteiger partial charge is 0.496 e. The molecule has 25 heavy (non-hydrogen) atoms. The Morgan fingerprint density at radius 3 is 2.80 bits per heavy atom. The third-order valence-electron chi connectivity index (χ3n) is 4.12. The lowest BCUT2D eigenvalue weighted by Crippen LogP contribution is -2.25. The molecule has 1 aliphatic rings. The van der Waals surface area contributed by atoms with Crippen molar-refractivity contribution in [3.8, 4) is 5.75 Å². The molecule has 0 saturated heterocycles.